The van der Waals surface area contributed by atoms with Gasteiger partial charge in [-0.1, -0.05) is 30.3 Å². The van der Waals surface area contributed by atoms with Crippen LogP contribution in [0.3, 0.4) is 0 Å². The Morgan fingerprint density at radius 2 is 1.71 bits per heavy atom. The Balaban J connectivity index is 1.88. The maximum Gasteiger partial charge on any atom is 0.418 e. The molecule has 0 aliphatic heterocycles. The summed E-state index contributed by atoms with van der Waals surface area (Å²) in [5.41, 5.74) is -0.401. The van der Waals surface area contributed by atoms with E-state index in [4.69, 9.17) is 0 Å². The van der Waals surface area contributed by atoms with Crippen LogP contribution >= 0.6 is 0 Å². The standard InChI is InChI=1S/C20H17F3N4O/c1-2-27(14-8-4-3-5-9-14)18-12-17(24-13-25-18)19(28)26-16-11-7-6-10-15(16)20(21,22)23/h3-13H,2H2,1H3,(H,26,28). The van der Waals surface area contributed by atoms with Crippen LogP contribution in [0.4, 0.5) is 30.4 Å². The highest BCUT2D eigenvalue weighted by molar-refractivity contribution is 6.03. The van der Waals surface area contributed by atoms with Crippen LogP contribution in [0, 0.1) is 0 Å². The molecule has 0 fully saturated rings. The minimum absolute atomic E-state index is 0.0311. The van der Waals surface area contributed by atoms with Crippen LogP contribution in [0.1, 0.15) is 23.0 Å². The Kier molecular flexibility index (Phi) is 5.58. The predicted molar refractivity (Wildman–Crippen MR) is 101 cm³/mol. The lowest BCUT2D eigenvalue weighted by Crippen LogP contribution is -2.21. The van der Waals surface area contributed by atoms with E-state index in [0.717, 1.165) is 11.8 Å². The molecule has 1 N–H and O–H groups in total. The Bertz CT molecular complexity index is 961. The zero-order valence-corrected chi connectivity index (χ0v) is 14.9. The number of carbonyl (C=O) groups is 1. The molecule has 0 atom stereocenters. The van der Waals surface area contributed by atoms with Crippen LogP contribution < -0.4 is 10.2 Å². The van der Waals surface area contributed by atoms with Gasteiger partial charge < -0.3 is 10.2 Å². The summed E-state index contributed by atoms with van der Waals surface area (Å²) in [7, 11) is 0. The minimum Gasteiger partial charge on any atom is -0.327 e. The van der Waals surface area contributed by atoms with Gasteiger partial charge in [0.05, 0.1) is 11.3 Å². The molecule has 0 aliphatic carbocycles. The third-order valence-corrected chi connectivity index (χ3v) is 4.03. The van der Waals surface area contributed by atoms with Crippen molar-refractivity contribution in [2.75, 3.05) is 16.8 Å². The topological polar surface area (TPSA) is 58.1 Å². The molecule has 0 unspecified atom stereocenters. The van der Waals surface area contributed by atoms with Gasteiger partial charge in [0.15, 0.2) is 0 Å². The van der Waals surface area contributed by atoms with Gasteiger partial charge in [-0.15, -0.1) is 0 Å². The third-order valence-electron chi connectivity index (χ3n) is 4.03. The van der Waals surface area contributed by atoms with Crippen LogP contribution in [-0.4, -0.2) is 22.4 Å². The second kappa shape index (κ2) is 8.08. The van der Waals surface area contributed by atoms with Crippen LogP contribution in [0.15, 0.2) is 67.0 Å². The summed E-state index contributed by atoms with van der Waals surface area (Å²) in [5.74, 6) is -0.276. The van der Waals surface area contributed by atoms with Crippen molar-refractivity contribution in [3.05, 3.63) is 78.2 Å². The summed E-state index contributed by atoms with van der Waals surface area (Å²) in [6, 6.07) is 15.7. The van der Waals surface area contributed by atoms with Crippen molar-refractivity contribution in [3.63, 3.8) is 0 Å². The number of benzene rings is 2. The van der Waals surface area contributed by atoms with Crippen LogP contribution in [0.25, 0.3) is 0 Å². The number of anilines is 3. The number of halogens is 3. The van der Waals surface area contributed by atoms with Crippen LogP contribution in [0.5, 0.6) is 0 Å². The molecular formula is C20H17F3N4O. The van der Waals surface area contributed by atoms with Crippen molar-refractivity contribution in [1.82, 2.24) is 9.97 Å². The summed E-state index contributed by atoms with van der Waals surface area (Å²) < 4.78 is 39.4. The molecule has 3 rings (SSSR count). The van der Waals surface area contributed by atoms with Crippen LogP contribution in [-0.2, 0) is 6.18 Å². The number of amides is 1. The van der Waals surface area contributed by atoms with Crippen molar-refractivity contribution >= 4 is 23.1 Å². The molecule has 5 nitrogen and oxygen atoms in total. The molecule has 0 aliphatic rings. The number of nitrogens with zero attached hydrogens (tertiary/aromatic N) is 3. The SMILES string of the molecule is CCN(c1ccccc1)c1cc(C(=O)Nc2ccccc2C(F)(F)F)ncn1. The van der Waals surface area contributed by atoms with Gasteiger partial charge in [0.25, 0.3) is 5.91 Å². The fourth-order valence-corrected chi connectivity index (χ4v) is 2.73. The molecular weight excluding hydrogens is 369 g/mol. The lowest BCUT2D eigenvalue weighted by Gasteiger charge is -2.22. The highest BCUT2D eigenvalue weighted by Crippen LogP contribution is 2.34. The van der Waals surface area contributed by atoms with Gasteiger partial charge in [-0.05, 0) is 31.2 Å². The van der Waals surface area contributed by atoms with Crippen molar-refractivity contribution in [1.29, 1.82) is 0 Å². The van der Waals surface area contributed by atoms with E-state index < -0.39 is 17.6 Å². The predicted octanol–water partition coefficient (Wildman–Crippen LogP) is 4.91. The highest BCUT2D eigenvalue weighted by atomic mass is 19.4. The lowest BCUT2D eigenvalue weighted by molar-refractivity contribution is -0.136. The summed E-state index contributed by atoms with van der Waals surface area (Å²) in [4.78, 5) is 22.5. The number of hydrogen-bond acceptors (Lipinski definition) is 4. The third kappa shape index (κ3) is 4.28. The normalized spacial score (nSPS) is 11.1. The van der Waals surface area contributed by atoms with E-state index in [1.165, 1.54) is 30.6 Å². The monoisotopic (exact) mass is 386 g/mol. The average molecular weight is 386 g/mol. The Hall–Kier alpha value is -3.42. The first-order valence-corrected chi connectivity index (χ1v) is 8.52. The Morgan fingerprint density at radius 1 is 1.04 bits per heavy atom. The van der Waals surface area contributed by atoms with Crippen molar-refractivity contribution in [3.8, 4) is 0 Å². The number of alkyl halides is 3. The number of hydrogen-bond donors (Lipinski definition) is 1. The fourth-order valence-electron chi connectivity index (χ4n) is 2.73. The summed E-state index contributed by atoms with van der Waals surface area (Å²) in [6.07, 6.45) is -3.36. The molecule has 8 heteroatoms. The molecule has 144 valence electrons. The first kappa shape index (κ1) is 19.3. The van der Waals surface area contributed by atoms with Gasteiger partial charge in [-0.25, -0.2) is 9.97 Å². The maximum absolute atomic E-state index is 13.1. The molecule has 3 aromatic rings. The second-order valence-corrected chi connectivity index (χ2v) is 5.84. The molecule has 1 amide bonds. The van der Waals surface area contributed by atoms with Gasteiger partial charge in [-0.3, -0.25) is 4.79 Å². The molecule has 0 bridgehead atoms. The Morgan fingerprint density at radius 3 is 2.39 bits per heavy atom. The van der Waals surface area contributed by atoms with Gasteiger partial charge in [0, 0.05) is 18.3 Å². The molecule has 0 spiro atoms. The molecule has 0 saturated carbocycles. The molecule has 28 heavy (non-hydrogen) atoms. The second-order valence-electron chi connectivity index (χ2n) is 5.84. The molecule has 2 aromatic carbocycles. The zero-order valence-electron chi connectivity index (χ0n) is 14.9. The Labute approximate surface area is 159 Å². The first-order chi connectivity index (χ1) is 13.4. The van der Waals surface area contributed by atoms with E-state index in [-0.39, 0.29) is 11.4 Å². The molecule has 0 saturated heterocycles. The van der Waals surface area contributed by atoms with Crippen LogP contribution in [0.2, 0.25) is 0 Å². The maximum atomic E-state index is 13.1. The van der Waals surface area contributed by atoms with E-state index in [0.29, 0.717) is 12.4 Å². The number of aromatic nitrogens is 2. The van der Waals surface area contributed by atoms with Crippen molar-refractivity contribution in [2.45, 2.75) is 13.1 Å². The lowest BCUT2D eigenvalue weighted by atomic mass is 10.1. The van der Waals surface area contributed by atoms with E-state index in [1.54, 1.807) is 0 Å². The molecule has 1 aromatic heterocycles. The number of rotatable bonds is 5. The summed E-state index contributed by atoms with van der Waals surface area (Å²) in [5, 5.41) is 2.29. The van der Waals surface area contributed by atoms with Gasteiger partial charge in [-0.2, -0.15) is 13.2 Å². The smallest absolute Gasteiger partial charge is 0.327 e. The fraction of sp³-hybridized carbons (Fsp3) is 0.150. The summed E-state index contributed by atoms with van der Waals surface area (Å²) in [6.45, 7) is 2.51. The van der Waals surface area contributed by atoms with Gasteiger partial charge >= 0.3 is 6.18 Å². The number of carbonyl (C=O) groups excluding carboxylic acids is 1. The number of nitrogens with one attached hydrogen (secondary N) is 1. The van der Waals surface area contributed by atoms with E-state index in [2.05, 4.69) is 15.3 Å². The van der Waals surface area contributed by atoms with E-state index in [9.17, 15) is 18.0 Å². The molecule has 0 radical (unpaired) electrons. The van der Waals surface area contributed by atoms with Gasteiger partial charge in [0.2, 0.25) is 0 Å². The number of para-hydroxylation sites is 2. The highest BCUT2D eigenvalue weighted by Gasteiger charge is 2.33. The first-order valence-electron chi connectivity index (χ1n) is 8.52. The zero-order chi connectivity index (χ0) is 20.1. The average Bonchev–Trinajstić information content (AvgIpc) is 2.69. The van der Waals surface area contributed by atoms with Crippen molar-refractivity contribution in [2.24, 2.45) is 0 Å². The van der Waals surface area contributed by atoms with Gasteiger partial charge in [0.1, 0.15) is 17.8 Å². The van der Waals surface area contributed by atoms with E-state index >= 15 is 0 Å². The minimum atomic E-state index is -4.58. The van der Waals surface area contributed by atoms with Crippen molar-refractivity contribution < 1.29 is 18.0 Å². The van der Waals surface area contributed by atoms with E-state index in [1.807, 2.05) is 42.2 Å². The largest absolute Gasteiger partial charge is 0.418 e. The molecule has 1 heterocycles. The summed E-state index contributed by atoms with van der Waals surface area (Å²) >= 11 is 0. The quantitative estimate of drug-likeness (QED) is 0.677.